The first-order valence-electron chi connectivity index (χ1n) is 8.95. The van der Waals surface area contributed by atoms with E-state index in [-0.39, 0.29) is 17.2 Å². The number of carbonyl (C=O) groups is 1. The number of halogens is 3. The summed E-state index contributed by atoms with van der Waals surface area (Å²) >= 11 is 19.8. The number of thiophene rings is 1. The van der Waals surface area contributed by atoms with E-state index in [1.165, 1.54) is 11.3 Å². The van der Waals surface area contributed by atoms with Gasteiger partial charge in [0, 0.05) is 25.9 Å². The van der Waals surface area contributed by atoms with Crippen molar-refractivity contribution in [2.45, 2.75) is 37.2 Å². The van der Waals surface area contributed by atoms with Gasteiger partial charge in [-0.05, 0) is 61.9 Å². The molecule has 7 heteroatoms. The summed E-state index contributed by atoms with van der Waals surface area (Å²) in [5, 5.41) is 20.3. The smallest absolute Gasteiger partial charge is 0.345 e. The molecule has 3 nitrogen and oxygen atoms in total. The van der Waals surface area contributed by atoms with Crippen LogP contribution < -0.4 is 0 Å². The van der Waals surface area contributed by atoms with Crippen molar-refractivity contribution in [3.8, 4) is 11.8 Å². The van der Waals surface area contributed by atoms with E-state index in [4.69, 9.17) is 39.9 Å². The van der Waals surface area contributed by atoms with Crippen LogP contribution in [0.15, 0.2) is 30.3 Å². The minimum Gasteiger partial charge on any atom is -0.477 e. The highest BCUT2D eigenvalue weighted by molar-refractivity contribution is 7.13. The van der Waals surface area contributed by atoms with E-state index in [1.54, 1.807) is 24.3 Å². The molecular weight excluding hydrogens is 439 g/mol. The molecule has 1 aromatic heterocycles. The van der Waals surface area contributed by atoms with Crippen molar-refractivity contribution in [3.05, 3.63) is 55.7 Å². The lowest BCUT2D eigenvalue weighted by Gasteiger charge is -2.18. The normalized spacial score (nSPS) is 24.0. The zero-order valence-corrected chi connectivity index (χ0v) is 18.0. The van der Waals surface area contributed by atoms with Crippen LogP contribution in [0.4, 0.5) is 0 Å². The number of rotatable bonds is 5. The van der Waals surface area contributed by atoms with Gasteiger partial charge in [-0.2, -0.15) is 0 Å². The molecule has 1 fully saturated rings. The molecule has 0 saturated heterocycles. The quantitative estimate of drug-likeness (QED) is 0.445. The van der Waals surface area contributed by atoms with Crippen LogP contribution in [-0.4, -0.2) is 27.7 Å². The van der Waals surface area contributed by atoms with E-state index in [0.717, 1.165) is 24.1 Å². The number of hydrogen-bond donors (Lipinski definition) is 2. The minimum atomic E-state index is -0.896. The molecule has 0 radical (unpaired) electrons. The Morgan fingerprint density at radius 3 is 2.57 bits per heavy atom. The first-order chi connectivity index (χ1) is 13.3. The molecule has 3 rings (SSSR count). The van der Waals surface area contributed by atoms with Gasteiger partial charge < -0.3 is 10.2 Å². The van der Waals surface area contributed by atoms with E-state index in [9.17, 15) is 9.90 Å². The third-order valence-electron chi connectivity index (χ3n) is 4.89. The van der Waals surface area contributed by atoms with Crippen molar-refractivity contribution in [2.24, 2.45) is 11.8 Å². The Morgan fingerprint density at radius 2 is 1.93 bits per heavy atom. The predicted molar refractivity (Wildman–Crippen MR) is 115 cm³/mol. The summed E-state index contributed by atoms with van der Waals surface area (Å²) in [6.07, 6.45) is 2.43. The monoisotopic (exact) mass is 456 g/mol. The summed E-state index contributed by atoms with van der Waals surface area (Å²) in [4.78, 5) is 12.4. The Kier molecular flexibility index (Phi) is 7.31. The molecule has 1 aliphatic rings. The highest BCUT2D eigenvalue weighted by Gasteiger charge is 2.40. The molecule has 2 aromatic rings. The fraction of sp³-hybridized carbons (Fsp3) is 0.381. The standard InChI is InChI=1S/C21H19Cl3O3S/c22-13-8-12(9-14(23)10-13)4-6-17-16(18(24)11-19(17)25)3-1-2-15-5-7-20(28-15)21(26)27/h5,7-10,16-19,25H,1-3,11H2,(H,26,27)/t16-,17-,18+,19-/m1/s1. The molecule has 1 saturated carbocycles. The van der Waals surface area contributed by atoms with Crippen LogP contribution in [0.2, 0.25) is 10.0 Å². The van der Waals surface area contributed by atoms with Crippen LogP contribution in [0.3, 0.4) is 0 Å². The Bertz CT molecular complexity index is 895. The summed E-state index contributed by atoms with van der Waals surface area (Å²) in [5.74, 6) is 5.22. The van der Waals surface area contributed by atoms with Crippen LogP contribution in [0.5, 0.6) is 0 Å². The number of carboxylic acids is 1. The third-order valence-corrected chi connectivity index (χ3v) is 6.96. The van der Waals surface area contributed by atoms with Crippen LogP contribution >= 0.6 is 46.1 Å². The van der Waals surface area contributed by atoms with Crippen LogP contribution in [-0.2, 0) is 6.42 Å². The average molecular weight is 458 g/mol. The van der Waals surface area contributed by atoms with Gasteiger partial charge in [0.1, 0.15) is 4.88 Å². The zero-order chi connectivity index (χ0) is 20.3. The summed E-state index contributed by atoms with van der Waals surface area (Å²) in [5.41, 5.74) is 0.709. The second-order valence-corrected chi connectivity index (χ2v) is 9.50. The van der Waals surface area contributed by atoms with E-state index < -0.39 is 12.1 Å². The molecule has 0 bridgehead atoms. The molecule has 0 amide bonds. The highest BCUT2D eigenvalue weighted by atomic mass is 35.5. The molecule has 2 N–H and O–H groups in total. The zero-order valence-electron chi connectivity index (χ0n) is 14.9. The maximum atomic E-state index is 11.0. The van der Waals surface area contributed by atoms with Gasteiger partial charge in [0.05, 0.1) is 12.0 Å². The molecule has 0 aliphatic heterocycles. The molecular formula is C21H19Cl3O3S. The van der Waals surface area contributed by atoms with E-state index >= 15 is 0 Å². The summed E-state index contributed by atoms with van der Waals surface area (Å²) in [6, 6.07) is 8.63. The Hall–Kier alpha value is -1.22. The highest BCUT2D eigenvalue weighted by Crippen LogP contribution is 2.39. The molecule has 1 aliphatic carbocycles. The predicted octanol–water partition coefficient (Wildman–Crippen LogP) is 5.73. The second kappa shape index (κ2) is 9.52. The fourth-order valence-electron chi connectivity index (χ4n) is 3.56. The van der Waals surface area contributed by atoms with Gasteiger partial charge in [0.25, 0.3) is 0 Å². The molecule has 148 valence electrons. The van der Waals surface area contributed by atoms with Crippen LogP contribution in [0, 0.1) is 23.7 Å². The maximum absolute atomic E-state index is 11.0. The van der Waals surface area contributed by atoms with Gasteiger partial charge in [-0.1, -0.05) is 35.0 Å². The number of aliphatic hydroxyl groups excluding tert-OH is 1. The Labute approximate surface area is 183 Å². The van der Waals surface area contributed by atoms with Gasteiger partial charge in [0.15, 0.2) is 0 Å². The Morgan fingerprint density at radius 1 is 1.21 bits per heavy atom. The molecule has 0 unspecified atom stereocenters. The van der Waals surface area contributed by atoms with Crippen LogP contribution in [0.1, 0.15) is 39.4 Å². The number of hydrogen-bond acceptors (Lipinski definition) is 3. The van der Waals surface area contributed by atoms with Crippen molar-refractivity contribution in [2.75, 3.05) is 0 Å². The molecule has 28 heavy (non-hydrogen) atoms. The second-order valence-electron chi connectivity index (χ2n) is 6.90. The lowest BCUT2D eigenvalue weighted by atomic mass is 9.90. The maximum Gasteiger partial charge on any atom is 0.345 e. The lowest BCUT2D eigenvalue weighted by Crippen LogP contribution is -2.19. The topological polar surface area (TPSA) is 57.5 Å². The number of aryl methyl sites for hydroxylation is 1. The summed E-state index contributed by atoms with van der Waals surface area (Å²) in [6.45, 7) is 0. The van der Waals surface area contributed by atoms with Crippen molar-refractivity contribution in [3.63, 3.8) is 0 Å². The number of aromatic carboxylic acids is 1. The van der Waals surface area contributed by atoms with Gasteiger partial charge in [-0.25, -0.2) is 4.79 Å². The molecule has 1 heterocycles. The van der Waals surface area contributed by atoms with Crippen molar-refractivity contribution >= 4 is 52.1 Å². The average Bonchev–Trinajstić information content (AvgIpc) is 3.18. The number of alkyl halides is 1. The first-order valence-corrected chi connectivity index (χ1v) is 11.0. The van der Waals surface area contributed by atoms with Crippen LogP contribution in [0.25, 0.3) is 0 Å². The SMILES string of the molecule is O=C(O)c1ccc(CCC[C@@H]2[C@@H](C#Cc3cc(Cl)cc(Cl)c3)[C@H](O)C[C@@H]2Cl)s1. The number of carboxylic acid groups (broad SMARTS) is 1. The molecule has 0 spiro atoms. The summed E-state index contributed by atoms with van der Waals surface area (Å²) < 4.78 is 0. The van der Waals surface area contributed by atoms with Crippen molar-refractivity contribution in [1.82, 2.24) is 0 Å². The molecule has 4 atom stereocenters. The van der Waals surface area contributed by atoms with Crippen molar-refractivity contribution in [1.29, 1.82) is 0 Å². The first kappa shape index (κ1) is 21.5. The number of benzene rings is 1. The van der Waals surface area contributed by atoms with E-state index in [1.807, 2.05) is 6.07 Å². The summed E-state index contributed by atoms with van der Waals surface area (Å²) in [7, 11) is 0. The van der Waals surface area contributed by atoms with E-state index in [0.29, 0.717) is 26.9 Å². The van der Waals surface area contributed by atoms with Gasteiger partial charge in [-0.3, -0.25) is 0 Å². The fourth-order valence-corrected chi connectivity index (χ4v) is 5.44. The Balaban J connectivity index is 1.65. The van der Waals surface area contributed by atoms with E-state index in [2.05, 4.69) is 11.8 Å². The third kappa shape index (κ3) is 5.43. The largest absolute Gasteiger partial charge is 0.477 e. The van der Waals surface area contributed by atoms with Gasteiger partial charge in [0.2, 0.25) is 0 Å². The van der Waals surface area contributed by atoms with Crippen molar-refractivity contribution < 1.29 is 15.0 Å². The van der Waals surface area contributed by atoms with Gasteiger partial charge in [-0.15, -0.1) is 22.9 Å². The molecule has 1 aromatic carbocycles. The minimum absolute atomic E-state index is 0.0812. The van der Waals surface area contributed by atoms with Gasteiger partial charge >= 0.3 is 5.97 Å². The lowest BCUT2D eigenvalue weighted by molar-refractivity contribution is 0.0702. The number of aliphatic hydroxyl groups is 1.